The third kappa shape index (κ3) is 5.52. The van der Waals surface area contributed by atoms with Gasteiger partial charge in [-0.2, -0.15) is 8.42 Å². The van der Waals surface area contributed by atoms with Crippen LogP contribution in [0, 0.1) is 5.41 Å². The second-order valence-electron chi connectivity index (χ2n) is 9.54. The van der Waals surface area contributed by atoms with Crippen molar-refractivity contribution in [3.8, 4) is 0 Å². The predicted molar refractivity (Wildman–Crippen MR) is 131 cm³/mol. The zero-order chi connectivity index (χ0) is 26.2. The average molecular weight is 552 g/mol. The molecule has 0 saturated heterocycles. The normalized spacial score (nSPS) is 23.0. The first-order valence-corrected chi connectivity index (χ1v) is 13.6. The summed E-state index contributed by atoms with van der Waals surface area (Å²) in [5.41, 5.74) is 1.61. The second-order valence-corrected chi connectivity index (χ2v) is 11.6. The van der Waals surface area contributed by atoms with E-state index in [1.165, 1.54) is 13.2 Å². The Kier molecular flexibility index (Phi) is 7.01. The molecule has 3 aromatic rings. The van der Waals surface area contributed by atoms with Crippen molar-refractivity contribution in [2.75, 3.05) is 26.9 Å². The number of furan rings is 1. The Bertz CT molecular complexity index is 1420. The lowest BCUT2D eigenvalue weighted by atomic mass is 9.50. The van der Waals surface area contributed by atoms with Gasteiger partial charge < -0.3 is 23.6 Å². The molecule has 2 aromatic heterocycles. The van der Waals surface area contributed by atoms with Crippen molar-refractivity contribution < 1.29 is 36.3 Å². The van der Waals surface area contributed by atoms with Crippen molar-refractivity contribution in [2.24, 2.45) is 5.41 Å². The fourth-order valence-corrected chi connectivity index (χ4v) is 6.13. The van der Waals surface area contributed by atoms with E-state index < -0.39 is 33.5 Å². The number of amides is 2. The molecule has 2 N–H and O–H groups in total. The molecule has 2 fully saturated rings. The third-order valence-electron chi connectivity index (χ3n) is 6.75. The lowest BCUT2D eigenvalue weighted by molar-refractivity contribution is -0.124. The summed E-state index contributed by atoms with van der Waals surface area (Å²) in [4.78, 5) is 29.0. The van der Waals surface area contributed by atoms with Gasteiger partial charge in [0.1, 0.15) is 12.1 Å². The van der Waals surface area contributed by atoms with Crippen LogP contribution in [-0.4, -0.2) is 58.2 Å². The molecular formula is C24H26ClN3O8S. The first kappa shape index (κ1) is 25.7. The highest BCUT2D eigenvalue weighted by molar-refractivity contribution is 7.89. The van der Waals surface area contributed by atoms with Crippen molar-refractivity contribution in [3.63, 3.8) is 0 Å². The smallest absolute Gasteiger partial charge is 0.297 e. The van der Waals surface area contributed by atoms with Gasteiger partial charge >= 0.3 is 0 Å². The Morgan fingerprint density at radius 2 is 1.92 bits per heavy atom. The molecule has 198 valence electrons. The molecule has 2 aliphatic rings. The number of halogens is 1. The summed E-state index contributed by atoms with van der Waals surface area (Å²) in [7, 11) is -2.80. The molecule has 1 aromatic carbocycles. The number of benzene rings is 1. The minimum atomic E-state index is -4.27. The third-order valence-corrected chi connectivity index (χ3v) is 8.23. The summed E-state index contributed by atoms with van der Waals surface area (Å²) >= 11 is 6.03. The van der Waals surface area contributed by atoms with E-state index in [1.807, 2.05) is 10.8 Å². The summed E-state index contributed by atoms with van der Waals surface area (Å²) < 4.78 is 47.4. The van der Waals surface area contributed by atoms with Crippen molar-refractivity contribution >= 4 is 44.5 Å². The fraction of sp³-hybridized carbons (Fsp3) is 0.458. The average Bonchev–Trinajstić information content (AvgIpc) is 3.44. The van der Waals surface area contributed by atoms with E-state index in [0.29, 0.717) is 16.5 Å². The van der Waals surface area contributed by atoms with E-state index in [1.54, 1.807) is 12.1 Å². The van der Waals surface area contributed by atoms with Crippen molar-refractivity contribution in [3.05, 3.63) is 47.0 Å². The summed E-state index contributed by atoms with van der Waals surface area (Å²) in [5, 5.41) is 2.97. The first-order valence-electron chi connectivity index (χ1n) is 11.8. The number of ether oxygens (including phenoxy) is 2. The van der Waals surface area contributed by atoms with Crippen molar-refractivity contribution in [2.45, 2.75) is 42.7 Å². The van der Waals surface area contributed by atoms with E-state index in [2.05, 4.69) is 10.3 Å². The Hall–Kier alpha value is -2.93. The van der Waals surface area contributed by atoms with Gasteiger partial charge in [0.2, 0.25) is 5.09 Å². The van der Waals surface area contributed by atoms with E-state index in [0.717, 1.165) is 37.3 Å². The number of carbonyl (C=O) groups excluding carboxylic acids is 2. The van der Waals surface area contributed by atoms with Gasteiger partial charge in [0.25, 0.3) is 21.8 Å². The van der Waals surface area contributed by atoms with Crippen LogP contribution < -0.4 is 10.0 Å². The Labute approximate surface area is 217 Å². The minimum absolute atomic E-state index is 0.0370. The maximum Gasteiger partial charge on any atom is 0.297 e. The van der Waals surface area contributed by atoms with Crippen LogP contribution in [-0.2, 0) is 24.3 Å². The molecule has 0 radical (unpaired) electrons. The Balaban J connectivity index is 1.09. The number of hydrogen-bond donors (Lipinski definition) is 2. The van der Waals surface area contributed by atoms with Crippen LogP contribution >= 0.6 is 11.6 Å². The molecular weight excluding hydrogens is 526 g/mol. The molecule has 2 saturated carbocycles. The number of aromatic nitrogens is 1. The van der Waals surface area contributed by atoms with Gasteiger partial charge in [-0.3, -0.25) is 9.59 Å². The quantitative estimate of drug-likeness (QED) is 0.362. The summed E-state index contributed by atoms with van der Waals surface area (Å²) in [6, 6.07) is 7.72. The van der Waals surface area contributed by atoms with Gasteiger partial charge in [-0.1, -0.05) is 11.6 Å². The number of oxazole rings is 1. The molecule has 5 rings (SSSR count). The lowest BCUT2D eigenvalue weighted by Gasteiger charge is -2.57. The van der Waals surface area contributed by atoms with Gasteiger partial charge in [0.15, 0.2) is 17.2 Å². The second kappa shape index (κ2) is 10.1. The number of hydrogen-bond acceptors (Lipinski definition) is 9. The SMILES string of the molecule is COCCOCC(=O)NS(=O)(=O)c1ccc(C(=O)N[C@H]2CC3(C2)C[C@H](c2nc4cc(Cl)ccc4o2)C3)o1. The lowest BCUT2D eigenvalue weighted by Crippen LogP contribution is -2.55. The number of fused-ring (bicyclic) bond motifs is 1. The van der Waals surface area contributed by atoms with Crippen molar-refractivity contribution in [1.29, 1.82) is 0 Å². The molecule has 0 aliphatic heterocycles. The van der Waals surface area contributed by atoms with Crippen LogP contribution in [0.5, 0.6) is 0 Å². The summed E-state index contributed by atoms with van der Waals surface area (Å²) in [6.45, 7) is -0.0421. The molecule has 2 aliphatic carbocycles. The van der Waals surface area contributed by atoms with Crippen LogP contribution in [0.1, 0.15) is 48.0 Å². The van der Waals surface area contributed by atoms with E-state index >= 15 is 0 Å². The largest absolute Gasteiger partial charge is 0.440 e. The number of carbonyl (C=O) groups is 2. The van der Waals surface area contributed by atoms with Gasteiger partial charge in [0, 0.05) is 24.1 Å². The fourth-order valence-electron chi connectivity index (χ4n) is 5.05. The van der Waals surface area contributed by atoms with Gasteiger partial charge in [0.05, 0.1) is 13.2 Å². The number of nitrogens with zero attached hydrogens (tertiary/aromatic N) is 1. The van der Waals surface area contributed by atoms with E-state index in [4.69, 9.17) is 29.9 Å². The number of rotatable bonds is 10. The van der Waals surface area contributed by atoms with Crippen molar-refractivity contribution in [1.82, 2.24) is 15.0 Å². The van der Waals surface area contributed by atoms with E-state index in [-0.39, 0.29) is 36.3 Å². The van der Waals surface area contributed by atoms with Crippen LogP contribution in [0.2, 0.25) is 5.02 Å². The molecule has 2 heterocycles. The molecule has 2 amide bonds. The van der Waals surface area contributed by atoms with Crippen LogP contribution in [0.3, 0.4) is 0 Å². The number of nitrogens with one attached hydrogen (secondary N) is 2. The molecule has 0 unspecified atom stereocenters. The maximum atomic E-state index is 12.6. The molecule has 37 heavy (non-hydrogen) atoms. The van der Waals surface area contributed by atoms with Crippen LogP contribution in [0.25, 0.3) is 11.1 Å². The first-order chi connectivity index (χ1) is 17.7. The Morgan fingerprint density at radius 3 is 2.68 bits per heavy atom. The monoisotopic (exact) mass is 551 g/mol. The van der Waals surface area contributed by atoms with Gasteiger partial charge in [-0.15, -0.1) is 0 Å². The number of sulfonamides is 1. The van der Waals surface area contributed by atoms with Gasteiger partial charge in [-0.25, -0.2) is 9.71 Å². The van der Waals surface area contributed by atoms with Crippen LogP contribution in [0.15, 0.2) is 44.3 Å². The highest BCUT2D eigenvalue weighted by Crippen LogP contribution is 2.61. The highest BCUT2D eigenvalue weighted by atomic mass is 35.5. The zero-order valence-corrected chi connectivity index (χ0v) is 21.6. The van der Waals surface area contributed by atoms with Crippen LogP contribution in [0.4, 0.5) is 0 Å². The van der Waals surface area contributed by atoms with Gasteiger partial charge in [-0.05, 0) is 61.4 Å². The molecule has 0 atom stereocenters. The molecule has 11 nitrogen and oxygen atoms in total. The molecule has 13 heteroatoms. The predicted octanol–water partition coefficient (Wildman–Crippen LogP) is 3.00. The zero-order valence-electron chi connectivity index (χ0n) is 20.0. The molecule has 1 spiro atoms. The Morgan fingerprint density at radius 1 is 1.14 bits per heavy atom. The maximum absolute atomic E-state index is 12.6. The topological polar surface area (TPSA) is 150 Å². The van der Waals surface area contributed by atoms with E-state index in [9.17, 15) is 18.0 Å². The number of methoxy groups -OCH3 is 1. The minimum Gasteiger partial charge on any atom is -0.440 e. The summed E-state index contributed by atoms with van der Waals surface area (Å²) in [6.07, 6.45) is 3.48. The highest BCUT2D eigenvalue weighted by Gasteiger charge is 2.54. The standard InChI is InChI=1S/C24H26ClN3O8S/c1-33-6-7-34-13-20(29)28-37(31,32)21-5-4-19(35-21)22(30)26-16-11-24(12-16)9-14(10-24)23-27-17-8-15(25)2-3-18(17)36-23/h2-5,8,14,16H,6-7,9-13H2,1H3,(H,26,30)(H,28,29)/t14-,16-,24?. The summed E-state index contributed by atoms with van der Waals surface area (Å²) in [5.74, 6) is -0.572. The molecule has 0 bridgehead atoms.